The van der Waals surface area contributed by atoms with E-state index in [9.17, 15) is 13.2 Å². The summed E-state index contributed by atoms with van der Waals surface area (Å²) in [5.41, 5.74) is 6.45. The summed E-state index contributed by atoms with van der Waals surface area (Å²) in [6.45, 7) is 2.39. The van der Waals surface area contributed by atoms with Gasteiger partial charge in [0.15, 0.2) is 0 Å². The molecule has 0 radical (unpaired) electrons. The van der Waals surface area contributed by atoms with Gasteiger partial charge in [0.05, 0.1) is 11.4 Å². The fourth-order valence-corrected chi connectivity index (χ4v) is 1.85. The van der Waals surface area contributed by atoms with Crippen molar-refractivity contribution in [2.45, 2.75) is 26.1 Å². The molecule has 2 nitrogen and oxygen atoms in total. The van der Waals surface area contributed by atoms with Crippen LogP contribution in [0.1, 0.15) is 13.8 Å². The van der Waals surface area contributed by atoms with Crippen molar-refractivity contribution < 1.29 is 13.2 Å². The summed E-state index contributed by atoms with van der Waals surface area (Å²) >= 11 is 3.23. The quantitative estimate of drug-likeness (QED) is 0.860. The van der Waals surface area contributed by atoms with Crippen LogP contribution in [-0.4, -0.2) is 18.8 Å². The van der Waals surface area contributed by atoms with Crippen LogP contribution in [0, 0.1) is 0 Å². The molecule has 0 amide bonds. The number of hydrogen-bond acceptors (Lipinski definition) is 2. The molecule has 0 unspecified atom stereocenters. The van der Waals surface area contributed by atoms with Gasteiger partial charge in [-0.15, -0.1) is 0 Å². The van der Waals surface area contributed by atoms with Crippen molar-refractivity contribution in [3.8, 4) is 0 Å². The number of anilines is 2. The van der Waals surface area contributed by atoms with E-state index in [1.807, 2.05) is 0 Å². The summed E-state index contributed by atoms with van der Waals surface area (Å²) in [6.07, 6.45) is -4.25. The maximum absolute atomic E-state index is 12.5. The van der Waals surface area contributed by atoms with Gasteiger partial charge in [-0.2, -0.15) is 13.2 Å². The maximum Gasteiger partial charge on any atom is 0.405 e. The molecular weight excluding hydrogens is 297 g/mol. The summed E-state index contributed by atoms with van der Waals surface area (Å²) in [5, 5.41) is 0. The van der Waals surface area contributed by atoms with Gasteiger partial charge >= 0.3 is 6.18 Å². The van der Waals surface area contributed by atoms with E-state index in [0.29, 0.717) is 15.8 Å². The molecule has 1 aromatic carbocycles. The zero-order chi connectivity index (χ0) is 13.2. The Kier molecular flexibility index (Phi) is 4.30. The van der Waals surface area contributed by atoms with E-state index in [1.165, 1.54) is 4.90 Å². The highest BCUT2D eigenvalue weighted by molar-refractivity contribution is 9.10. The normalized spacial score (nSPS) is 11.9. The third-order valence-corrected chi connectivity index (χ3v) is 2.77. The fourth-order valence-electron chi connectivity index (χ4n) is 1.50. The van der Waals surface area contributed by atoms with Gasteiger partial charge in [0.25, 0.3) is 0 Å². The van der Waals surface area contributed by atoms with Crippen molar-refractivity contribution >= 4 is 27.3 Å². The lowest BCUT2D eigenvalue weighted by molar-refractivity contribution is -0.120. The van der Waals surface area contributed by atoms with Crippen LogP contribution >= 0.6 is 15.9 Å². The molecule has 17 heavy (non-hydrogen) atoms. The molecule has 0 aliphatic carbocycles. The Labute approximate surface area is 107 Å². The topological polar surface area (TPSA) is 29.3 Å². The molecule has 0 saturated carbocycles. The lowest BCUT2D eigenvalue weighted by Crippen LogP contribution is -2.39. The van der Waals surface area contributed by atoms with E-state index in [-0.39, 0.29) is 6.04 Å². The van der Waals surface area contributed by atoms with Gasteiger partial charge in [0.1, 0.15) is 6.54 Å². The van der Waals surface area contributed by atoms with Crippen LogP contribution in [0.5, 0.6) is 0 Å². The van der Waals surface area contributed by atoms with Crippen LogP contribution in [0.4, 0.5) is 24.5 Å². The third kappa shape index (κ3) is 4.11. The molecule has 1 rings (SSSR count). The Balaban J connectivity index is 3.10. The molecule has 0 heterocycles. The largest absolute Gasteiger partial charge is 0.405 e. The summed E-state index contributed by atoms with van der Waals surface area (Å²) in [7, 11) is 0. The predicted octanol–water partition coefficient (Wildman–Crippen LogP) is 3.81. The van der Waals surface area contributed by atoms with E-state index < -0.39 is 12.7 Å². The van der Waals surface area contributed by atoms with Gasteiger partial charge in [-0.05, 0) is 32.0 Å². The Bertz CT molecular complexity index is 391. The summed E-state index contributed by atoms with van der Waals surface area (Å²) in [5.74, 6) is 0. The van der Waals surface area contributed by atoms with Crippen molar-refractivity contribution in [1.82, 2.24) is 0 Å². The minimum Gasteiger partial charge on any atom is -0.397 e. The number of halogens is 4. The van der Waals surface area contributed by atoms with Crippen molar-refractivity contribution in [3.63, 3.8) is 0 Å². The van der Waals surface area contributed by atoms with Gasteiger partial charge in [0.2, 0.25) is 0 Å². The highest BCUT2D eigenvalue weighted by Crippen LogP contribution is 2.31. The van der Waals surface area contributed by atoms with Crippen molar-refractivity contribution in [1.29, 1.82) is 0 Å². The van der Waals surface area contributed by atoms with Crippen molar-refractivity contribution in [3.05, 3.63) is 22.7 Å². The number of hydrogen-bond donors (Lipinski definition) is 1. The Morgan fingerprint density at radius 3 is 2.41 bits per heavy atom. The van der Waals surface area contributed by atoms with Gasteiger partial charge in [0, 0.05) is 10.5 Å². The minimum atomic E-state index is -4.25. The molecule has 0 aliphatic rings. The second-order valence-corrected chi connectivity index (χ2v) is 4.96. The second kappa shape index (κ2) is 5.16. The first-order chi connectivity index (χ1) is 7.70. The molecule has 2 N–H and O–H groups in total. The van der Waals surface area contributed by atoms with Gasteiger partial charge in [-0.3, -0.25) is 0 Å². The van der Waals surface area contributed by atoms with Gasteiger partial charge in [-0.25, -0.2) is 0 Å². The van der Waals surface area contributed by atoms with Gasteiger partial charge < -0.3 is 10.6 Å². The van der Waals surface area contributed by atoms with Crippen LogP contribution < -0.4 is 10.6 Å². The predicted molar refractivity (Wildman–Crippen MR) is 67.1 cm³/mol. The first kappa shape index (κ1) is 14.2. The Morgan fingerprint density at radius 1 is 1.35 bits per heavy atom. The maximum atomic E-state index is 12.5. The number of nitrogen functional groups attached to an aromatic ring is 1. The molecule has 0 bridgehead atoms. The average molecular weight is 311 g/mol. The average Bonchev–Trinajstić information content (AvgIpc) is 2.17. The zero-order valence-electron chi connectivity index (χ0n) is 9.55. The van der Waals surface area contributed by atoms with Crippen molar-refractivity contribution in [2.75, 3.05) is 17.2 Å². The highest BCUT2D eigenvalue weighted by Gasteiger charge is 2.32. The summed E-state index contributed by atoms with van der Waals surface area (Å²) in [4.78, 5) is 1.24. The summed E-state index contributed by atoms with van der Waals surface area (Å²) in [6, 6.07) is 4.60. The van der Waals surface area contributed by atoms with Crippen LogP contribution in [0.15, 0.2) is 22.7 Å². The van der Waals surface area contributed by atoms with Crippen LogP contribution in [-0.2, 0) is 0 Å². The number of nitrogens with two attached hydrogens (primary N) is 1. The number of rotatable bonds is 3. The van der Waals surface area contributed by atoms with E-state index >= 15 is 0 Å². The molecule has 6 heteroatoms. The third-order valence-electron chi connectivity index (χ3n) is 2.27. The smallest absolute Gasteiger partial charge is 0.397 e. The van der Waals surface area contributed by atoms with E-state index in [2.05, 4.69) is 15.9 Å². The number of nitrogens with zero attached hydrogens (tertiary/aromatic N) is 1. The van der Waals surface area contributed by atoms with E-state index in [4.69, 9.17) is 5.73 Å². The Hall–Kier alpha value is -0.910. The lowest BCUT2D eigenvalue weighted by Gasteiger charge is -2.31. The molecule has 0 spiro atoms. The number of alkyl halides is 3. The first-order valence-corrected chi connectivity index (χ1v) is 5.88. The highest BCUT2D eigenvalue weighted by atomic mass is 79.9. The van der Waals surface area contributed by atoms with Crippen LogP contribution in [0.2, 0.25) is 0 Å². The molecule has 0 aromatic heterocycles. The molecule has 96 valence electrons. The first-order valence-electron chi connectivity index (χ1n) is 5.09. The SMILES string of the molecule is CC(C)N(CC(F)(F)F)c1cc(Br)ccc1N. The van der Waals surface area contributed by atoms with Crippen LogP contribution in [0.3, 0.4) is 0 Å². The fraction of sp³-hybridized carbons (Fsp3) is 0.455. The Morgan fingerprint density at radius 2 is 1.94 bits per heavy atom. The molecular formula is C11H14BrF3N2. The number of benzene rings is 1. The van der Waals surface area contributed by atoms with E-state index in [0.717, 1.165) is 0 Å². The lowest BCUT2D eigenvalue weighted by atomic mass is 10.2. The molecule has 0 saturated heterocycles. The molecule has 0 fully saturated rings. The molecule has 0 aliphatic heterocycles. The van der Waals surface area contributed by atoms with E-state index in [1.54, 1.807) is 32.0 Å². The molecule has 0 atom stereocenters. The zero-order valence-corrected chi connectivity index (χ0v) is 11.1. The van der Waals surface area contributed by atoms with Crippen LogP contribution in [0.25, 0.3) is 0 Å². The molecule has 1 aromatic rings. The summed E-state index contributed by atoms with van der Waals surface area (Å²) < 4.78 is 38.2. The van der Waals surface area contributed by atoms with Crippen molar-refractivity contribution in [2.24, 2.45) is 0 Å². The minimum absolute atomic E-state index is 0.284. The second-order valence-electron chi connectivity index (χ2n) is 4.04. The van der Waals surface area contributed by atoms with Gasteiger partial charge in [-0.1, -0.05) is 15.9 Å². The standard InChI is InChI=1S/C11H14BrF3N2/c1-7(2)17(6-11(13,14)15)10-5-8(12)3-4-9(10)16/h3-5,7H,6,16H2,1-2H3. The monoisotopic (exact) mass is 310 g/mol.